The number of rotatable bonds is 0. The second-order valence-corrected chi connectivity index (χ2v) is 3.85. The van der Waals surface area contributed by atoms with E-state index in [9.17, 15) is 0 Å². The fraction of sp³-hybridized carbons (Fsp3) is 0.312. The van der Waals surface area contributed by atoms with Gasteiger partial charge in [0, 0.05) is 0 Å². The molecule has 1 fully saturated rings. The summed E-state index contributed by atoms with van der Waals surface area (Å²) in [5.74, 6) is 0. The Bertz CT molecular complexity index is 211. The zero-order chi connectivity index (χ0) is 11.3. The molecule has 2 aromatic rings. The van der Waals surface area contributed by atoms with E-state index < -0.39 is 0 Å². The van der Waals surface area contributed by atoms with Gasteiger partial charge in [0.1, 0.15) is 0 Å². The van der Waals surface area contributed by atoms with E-state index >= 15 is 0 Å². The van der Waals surface area contributed by atoms with Crippen LogP contribution in [-0.2, 0) is 25.8 Å². The summed E-state index contributed by atoms with van der Waals surface area (Å²) in [5.41, 5.74) is 0. The third-order valence-electron chi connectivity index (χ3n) is 2.43. The minimum atomic E-state index is 0. The Morgan fingerprint density at radius 2 is 1.00 bits per heavy atom. The van der Waals surface area contributed by atoms with E-state index in [1.165, 1.54) is 32.1 Å². The molecule has 2 heteroatoms. The van der Waals surface area contributed by atoms with Crippen molar-refractivity contribution in [3.63, 3.8) is 0 Å². The van der Waals surface area contributed by atoms with E-state index in [4.69, 9.17) is 0 Å². The molecule has 0 N–H and O–H groups in total. The molecule has 0 radical (unpaired) electrons. The molecular formula is C16H21ClHf. The van der Waals surface area contributed by atoms with Crippen LogP contribution in [-0.4, -0.2) is 0 Å². The molecule has 0 unspecified atom stereocenters. The first-order chi connectivity index (χ1) is 8.00. The summed E-state index contributed by atoms with van der Waals surface area (Å²) in [6.45, 7) is 0. The number of hydrogen-bond donors (Lipinski definition) is 0. The van der Waals surface area contributed by atoms with Gasteiger partial charge in [-0.1, -0.05) is 19.3 Å². The van der Waals surface area contributed by atoms with Gasteiger partial charge in [0.25, 0.3) is 0 Å². The van der Waals surface area contributed by atoms with Gasteiger partial charge in [-0.05, 0) is 0 Å². The van der Waals surface area contributed by atoms with Crippen LogP contribution in [0.4, 0.5) is 0 Å². The molecule has 1 aliphatic rings. The van der Waals surface area contributed by atoms with Crippen molar-refractivity contribution in [2.45, 2.75) is 32.1 Å². The monoisotopic (exact) mass is 428 g/mol. The fourth-order valence-electron chi connectivity index (χ4n) is 1.54. The van der Waals surface area contributed by atoms with Crippen LogP contribution in [0, 0.1) is 6.42 Å². The summed E-state index contributed by atoms with van der Waals surface area (Å²) >= 11 is 0. The van der Waals surface area contributed by atoms with Gasteiger partial charge in [-0.15, -0.1) is 0 Å². The van der Waals surface area contributed by atoms with Gasteiger partial charge in [-0.25, -0.2) is 24.3 Å². The molecule has 0 amide bonds. The third kappa shape index (κ3) is 13.9. The standard InChI is InChI=1S/C6H11.2C5H5.ClH.Hf/c1-2-4-6-5-3-1;2*1-2-4-5-3-1;;/h1H,2-6H2;2*1-5H;1H;/q3*-1;;+4/p-1. The Kier molecular flexibility index (Phi) is 18.9. The summed E-state index contributed by atoms with van der Waals surface area (Å²) in [6, 6.07) is 20.0. The Hall–Kier alpha value is -0.140. The average Bonchev–Trinajstić information content (AvgIpc) is 3.10. The maximum Gasteiger partial charge on any atom is 4.00 e. The van der Waals surface area contributed by atoms with Crippen molar-refractivity contribution in [3.05, 3.63) is 67.1 Å². The Morgan fingerprint density at radius 3 is 1.11 bits per heavy atom. The molecule has 0 nitrogen and oxygen atoms in total. The first kappa shape index (κ1) is 20.2. The molecule has 3 rings (SSSR count). The summed E-state index contributed by atoms with van der Waals surface area (Å²) in [5, 5.41) is 0. The van der Waals surface area contributed by atoms with Gasteiger partial charge in [0.05, 0.1) is 0 Å². The van der Waals surface area contributed by atoms with Gasteiger partial charge in [0.2, 0.25) is 0 Å². The van der Waals surface area contributed by atoms with Crippen molar-refractivity contribution in [2.24, 2.45) is 0 Å². The normalized spacial score (nSPS) is 12.4. The molecule has 1 aliphatic carbocycles. The van der Waals surface area contributed by atoms with Gasteiger partial charge in [0.15, 0.2) is 0 Å². The molecule has 0 aliphatic heterocycles. The summed E-state index contributed by atoms with van der Waals surface area (Å²) < 4.78 is 0. The Labute approximate surface area is 137 Å². The first-order valence-electron chi connectivity index (χ1n) is 6.15. The molecule has 0 spiro atoms. The third-order valence-corrected chi connectivity index (χ3v) is 2.43. The van der Waals surface area contributed by atoms with E-state index in [1.807, 2.05) is 60.7 Å². The van der Waals surface area contributed by atoms with Gasteiger partial charge in [-0.3, -0.25) is 0 Å². The van der Waals surface area contributed by atoms with E-state index in [2.05, 4.69) is 6.42 Å². The molecule has 0 bridgehead atoms. The molecule has 18 heavy (non-hydrogen) atoms. The smallest absolute Gasteiger partial charge is 1.00 e. The minimum absolute atomic E-state index is 0. The molecule has 1 saturated carbocycles. The molecule has 0 aromatic heterocycles. The molecule has 0 heterocycles. The molecule has 0 atom stereocenters. The Morgan fingerprint density at radius 1 is 0.611 bits per heavy atom. The second kappa shape index (κ2) is 16.9. The SMILES string of the molecule is [CH-]1CCCCC1.[Cl-].[Hf+4].c1cc[cH-]c1.c1cc[cH-]c1. The van der Waals surface area contributed by atoms with Crippen LogP contribution in [0.1, 0.15) is 32.1 Å². The van der Waals surface area contributed by atoms with Crippen LogP contribution in [0.5, 0.6) is 0 Å². The number of hydrogen-bond acceptors (Lipinski definition) is 0. The maximum absolute atomic E-state index is 2.39. The minimum Gasteiger partial charge on any atom is -1.00 e. The number of halogens is 1. The van der Waals surface area contributed by atoms with Crippen molar-refractivity contribution in [1.82, 2.24) is 0 Å². The van der Waals surface area contributed by atoms with E-state index in [0.29, 0.717) is 0 Å². The van der Waals surface area contributed by atoms with Crippen LogP contribution in [0.2, 0.25) is 0 Å². The van der Waals surface area contributed by atoms with Crippen molar-refractivity contribution in [1.29, 1.82) is 0 Å². The maximum atomic E-state index is 2.39. The molecule has 0 saturated heterocycles. The zero-order valence-electron chi connectivity index (χ0n) is 10.8. The topological polar surface area (TPSA) is 0 Å². The van der Waals surface area contributed by atoms with Crippen molar-refractivity contribution >= 4 is 0 Å². The van der Waals surface area contributed by atoms with Crippen LogP contribution < -0.4 is 12.4 Å². The summed E-state index contributed by atoms with van der Waals surface area (Å²) in [4.78, 5) is 0. The summed E-state index contributed by atoms with van der Waals surface area (Å²) in [6.07, 6.45) is 9.50. The van der Waals surface area contributed by atoms with E-state index in [0.717, 1.165) is 0 Å². The quantitative estimate of drug-likeness (QED) is 0.446. The van der Waals surface area contributed by atoms with Crippen LogP contribution in [0.15, 0.2) is 60.7 Å². The van der Waals surface area contributed by atoms with Crippen LogP contribution >= 0.6 is 0 Å². The molecule has 2 aromatic carbocycles. The average molecular weight is 427 g/mol. The van der Waals surface area contributed by atoms with Crippen LogP contribution in [0.25, 0.3) is 0 Å². The first-order valence-corrected chi connectivity index (χ1v) is 6.15. The van der Waals surface area contributed by atoms with E-state index in [-0.39, 0.29) is 38.3 Å². The molecular weight excluding hydrogens is 406 g/mol. The van der Waals surface area contributed by atoms with Gasteiger partial charge < -0.3 is 18.8 Å². The predicted molar refractivity (Wildman–Crippen MR) is 71.5 cm³/mol. The van der Waals surface area contributed by atoms with Crippen molar-refractivity contribution < 1.29 is 38.3 Å². The predicted octanol–water partition coefficient (Wildman–Crippen LogP) is 1.97. The Balaban J connectivity index is 0. The fourth-order valence-corrected chi connectivity index (χ4v) is 1.54. The molecule has 96 valence electrons. The van der Waals surface area contributed by atoms with Crippen molar-refractivity contribution in [2.75, 3.05) is 0 Å². The van der Waals surface area contributed by atoms with Crippen LogP contribution in [0.3, 0.4) is 0 Å². The zero-order valence-corrected chi connectivity index (χ0v) is 15.1. The van der Waals surface area contributed by atoms with Gasteiger partial charge >= 0.3 is 25.8 Å². The second-order valence-electron chi connectivity index (χ2n) is 3.85. The van der Waals surface area contributed by atoms with Crippen molar-refractivity contribution in [3.8, 4) is 0 Å². The summed E-state index contributed by atoms with van der Waals surface area (Å²) in [7, 11) is 0. The van der Waals surface area contributed by atoms with Gasteiger partial charge in [-0.2, -0.15) is 49.2 Å². The largest absolute Gasteiger partial charge is 4.00 e. The van der Waals surface area contributed by atoms with E-state index in [1.54, 1.807) is 0 Å².